The number of hydrogen-bond acceptors (Lipinski definition) is 4. The first-order valence-electron chi connectivity index (χ1n) is 8.02. The van der Waals surface area contributed by atoms with Crippen LogP contribution in [-0.4, -0.2) is 28.6 Å². The molecule has 0 saturated heterocycles. The van der Waals surface area contributed by atoms with Crippen LogP contribution in [0, 0.1) is 3.57 Å². The molecule has 7 heteroatoms. The topological polar surface area (TPSA) is 60.8 Å². The fourth-order valence-electron chi connectivity index (χ4n) is 3.22. The molecule has 2 heterocycles. The molecule has 132 valence electrons. The summed E-state index contributed by atoms with van der Waals surface area (Å²) < 4.78 is 8.27. The highest BCUT2D eigenvalue weighted by Crippen LogP contribution is 2.36. The van der Waals surface area contributed by atoms with E-state index in [2.05, 4.69) is 22.6 Å². The number of aromatic nitrogens is 1. The maximum atomic E-state index is 12.7. The molecular weight excluding hydrogens is 447 g/mol. The van der Waals surface area contributed by atoms with Gasteiger partial charge in [-0.1, -0.05) is 24.3 Å². The number of carbonyl (C=O) groups excluding carboxylic acids is 2. The number of esters is 1. The van der Waals surface area contributed by atoms with Gasteiger partial charge in [-0.3, -0.25) is 14.4 Å². The van der Waals surface area contributed by atoms with Crippen molar-refractivity contribution in [3.8, 4) is 5.75 Å². The van der Waals surface area contributed by atoms with E-state index in [4.69, 9.17) is 9.57 Å². The summed E-state index contributed by atoms with van der Waals surface area (Å²) in [6, 6.07) is 16.6. The number of hydroxylamine groups is 2. The summed E-state index contributed by atoms with van der Waals surface area (Å²) >= 11 is 2.22. The lowest BCUT2D eigenvalue weighted by molar-refractivity contribution is -0.151. The van der Waals surface area contributed by atoms with Gasteiger partial charge in [0.05, 0.1) is 19.0 Å². The van der Waals surface area contributed by atoms with Crippen LogP contribution in [0.3, 0.4) is 0 Å². The molecule has 1 aliphatic rings. The second-order valence-electron chi connectivity index (χ2n) is 5.89. The van der Waals surface area contributed by atoms with Gasteiger partial charge in [0, 0.05) is 8.96 Å². The lowest BCUT2D eigenvalue weighted by atomic mass is 10.2. The molecule has 0 bridgehead atoms. The Morgan fingerprint density at radius 3 is 2.65 bits per heavy atom. The number of carbonyl (C=O) groups is 2. The number of benzene rings is 2. The van der Waals surface area contributed by atoms with Crippen LogP contribution in [0.4, 0.5) is 0 Å². The van der Waals surface area contributed by atoms with E-state index >= 15 is 0 Å². The van der Waals surface area contributed by atoms with E-state index in [1.54, 1.807) is 24.3 Å². The third-order valence-corrected chi connectivity index (χ3v) is 4.98. The van der Waals surface area contributed by atoms with Crippen molar-refractivity contribution in [2.75, 3.05) is 7.11 Å². The molecule has 1 unspecified atom stereocenters. The average molecular weight is 462 g/mol. The first-order chi connectivity index (χ1) is 12.6. The maximum Gasteiger partial charge on any atom is 0.315 e. The Kier molecular flexibility index (Phi) is 4.41. The van der Waals surface area contributed by atoms with Crippen LogP contribution in [0.15, 0.2) is 54.6 Å². The number of halogens is 1. The molecule has 1 atom stereocenters. The van der Waals surface area contributed by atoms with Gasteiger partial charge in [0.15, 0.2) is 0 Å². The Labute approximate surface area is 163 Å². The van der Waals surface area contributed by atoms with Crippen molar-refractivity contribution < 1.29 is 19.2 Å². The fourth-order valence-corrected chi connectivity index (χ4v) is 3.70. The SMILES string of the molecule is CON1C(=O)c2cc3ccc(I)cc3n2C1CC(=O)Oc1ccccc1. The molecular formula is C19H15IN2O4. The van der Waals surface area contributed by atoms with Gasteiger partial charge in [-0.15, -0.1) is 0 Å². The van der Waals surface area contributed by atoms with E-state index in [1.807, 2.05) is 34.9 Å². The highest BCUT2D eigenvalue weighted by atomic mass is 127. The van der Waals surface area contributed by atoms with Gasteiger partial charge in [0.2, 0.25) is 0 Å². The van der Waals surface area contributed by atoms with Gasteiger partial charge in [0.1, 0.15) is 17.6 Å². The normalized spacial score (nSPS) is 16.2. The summed E-state index contributed by atoms with van der Waals surface area (Å²) in [4.78, 5) is 30.4. The molecule has 6 nitrogen and oxygen atoms in total. The predicted molar refractivity (Wildman–Crippen MR) is 104 cm³/mol. The van der Waals surface area contributed by atoms with Gasteiger partial charge in [-0.05, 0) is 52.9 Å². The van der Waals surface area contributed by atoms with Crippen molar-refractivity contribution in [1.82, 2.24) is 9.63 Å². The minimum atomic E-state index is -0.589. The minimum absolute atomic E-state index is 0.0171. The van der Waals surface area contributed by atoms with Crippen LogP contribution in [-0.2, 0) is 9.63 Å². The van der Waals surface area contributed by atoms with Crippen LogP contribution in [0.5, 0.6) is 5.75 Å². The summed E-state index contributed by atoms with van der Waals surface area (Å²) in [6.07, 6.45) is -0.606. The molecule has 0 N–H and O–H groups in total. The third-order valence-electron chi connectivity index (χ3n) is 4.31. The number of fused-ring (bicyclic) bond motifs is 3. The van der Waals surface area contributed by atoms with Crippen molar-refractivity contribution in [1.29, 1.82) is 0 Å². The number of hydrogen-bond donors (Lipinski definition) is 0. The average Bonchev–Trinajstić information content (AvgIpc) is 3.11. The number of ether oxygens (including phenoxy) is 1. The lowest BCUT2D eigenvalue weighted by Crippen LogP contribution is -2.31. The molecule has 2 aromatic carbocycles. The first-order valence-corrected chi connectivity index (χ1v) is 9.10. The van der Waals surface area contributed by atoms with E-state index in [1.165, 1.54) is 12.2 Å². The van der Waals surface area contributed by atoms with Crippen molar-refractivity contribution in [2.45, 2.75) is 12.6 Å². The Morgan fingerprint density at radius 2 is 1.92 bits per heavy atom. The number of nitrogens with zero attached hydrogens (tertiary/aromatic N) is 2. The van der Waals surface area contributed by atoms with Crippen LogP contribution in [0.2, 0.25) is 0 Å². The molecule has 0 spiro atoms. The van der Waals surface area contributed by atoms with Crippen LogP contribution in [0.25, 0.3) is 10.9 Å². The molecule has 0 saturated carbocycles. The second kappa shape index (κ2) is 6.73. The zero-order chi connectivity index (χ0) is 18.3. The Morgan fingerprint density at radius 1 is 1.15 bits per heavy atom. The number of amides is 1. The Hall–Kier alpha value is -2.39. The van der Waals surface area contributed by atoms with Crippen LogP contribution < -0.4 is 4.74 Å². The molecule has 26 heavy (non-hydrogen) atoms. The Balaban J connectivity index is 1.69. The van der Waals surface area contributed by atoms with E-state index < -0.39 is 12.1 Å². The highest BCUT2D eigenvalue weighted by molar-refractivity contribution is 14.1. The molecule has 1 aromatic heterocycles. The largest absolute Gasteiger partial charge is 0.426 e. The maximum absolute atomic E-state index is 12.7. The van der Waals surface area contributed by atoms with E-state index in [9.17, 15) is 9.59 Å². The monoisotopic (exact) mass is 462 g/mol. The standard InChI is InChI=1S/C19H15IN2O4/c1-25-22-17(11-18(23)26-14-5-3-2-4-6-14)21-15-10-13(20)8-7-12(15)9-16(21)19(22)24/h2-10,17H,11H2,1H3. The molecule has 4 rings (SSSR count). The summed E-state index contributed by atoms with van der Waals surface area (Å²) in [5.41, 5.74) is 1.39. The zero-order valence-electron chi connectivity index (χ0n) is 13.9. The molecule has 0 radical (unpaired) electrons. The molecule has 0 aliphatic carbocycles. The highest BCUT2D eigenvalue weighted by Gasteiger charge is 2.40. The smallest absolute Gasteiger partial charge is 0.315 e. The van der Waals surface area contributed by atoms with Gasteiger partial charge < -0.3 is 9.30 Å². The third kappa shape index (κ3) is 2.86. The summed E-state index contributed by atoms with van der Waals surface area (Å²) in [7, 11) is 1.42. The lowest BCUT2D eigenvalue weighted by Gasteiger charge is -2.23. The van der Waals surface area contributed by atoms with E-state index in [0.29, 0.717) is 11.4 Å². The van der Waals surface area contributed by atoms with Crippen molar-refractivity contribution in [3.63, 3.8) is 0 Å². The summed E-state index contributed by atoms with van der Waals surface area (Å²) in [5, 5.41) is 2.17. The second-order valence-corrected chi connectivity index (χ2v) is 7.13. The minimum Gasteiger partial charge on any atom is -0.426 e. The fraction of sp³-hybridized carbons (Fsp3) is 0.158. The van der Waals surface area contributed by atoms with Gasteiger partial charge in [0.25, 0.3) is 5.91 Å². The summed E-state index contributed by atoms with van der Waals surface area (Å²) in [5.74, 6) is -0.231. The van der Waals surface area contributed by atoms with E-state index in [0.717, 1.165) is 14.5 Å². The molecule has 1 aliphatic heterocycles. The van der Waals surface area contributed by atoms with Gasteiger partial charge in [-0.2, -0.15) is 5.06 Å². The van der Waals surface area contributed by atoms with E-state index in [-0.39, 0.29) is 12.3 Å². The number of para-hydroxylation sites is 1. The zero-order valence-corrected chi connectivity index (χ0v) is 16.0. The molecule has 0 fully saturated rings. The Bertz CT molecular complexity index is 999. The first kappa shape index (κ1) is 17.0. The van der Waals surface area contributed by atoms with Crippen molar-refractivity contribution in [2.24, 2.45) is 0 Å². The van der Waals surface area contributed by atoms with Gasteiger partial charge >= 0.3 is 5.97 Å². The van der Waals surface area contributed by atoms with Gasteiger partial charge in [-0.25, -0.2) is 0 Å². The van der Waals surface area contributed by atoms with Crippen molar-refractivity contribution in [3.05, 3.63) is 63.9 Å². The quantitative estimate of drug-likeness (QED) is 0.337. The van der Waals surface area contributed by atoms with Crippen LogP contribution in [0.1, 0.15) is 23.1 Å². The van der Waals surface area contributed by atoms with Crippen LogP contribution >= 0.6 is 22.6 Å². The molecule has 3 aromatic rings. The predicted octanol–water partition coefficient (Wildman–Crippen LogP) is 3.76. The molecule has 1 amide bonds. The van der Waals surface area contributed by atoms with Crippen molar-refractivity contribution >= 4 is 45.4 Å². The number of rotatable bonds is 4. The summed E-state index contributed by atoms with van der Waals surface area (Å²) in [6.45, 7) is 0.